The third kappa shape index (κ3) is 2.33. The van der Waals surface area contributed by atoms with Gasteiger partial charge >= 0.3 is 0 Å². The van der Waals surface area contributed by atoms with E-state index in [0.717, 1.165) is 28.4 Å². The van der Waals surface area contributed by atoms with Crippen LogP contribution in [0.5, 0.6) is 5.75 Å². The van der Waals surface area contributed by atoms with E-state index in [4.69, 9.17) is 16.3 Å². The Morgan fingerprint density at radius 1 is 1.35 bits per heavy atom. The molecule has 0 saturated carbocycles. The van der Waals surface area contributed by atoms with E-state index in [-0.39, 0.29) is 11.9 Å². The molecule has 0 amide bonds. The number of aryl methyl sites for hydroxylation is 1. The highest BCUT2D eigenvalue weighted by atomic mass is 79.9. The van der Waals surface area contributed by atoms with Crippen molar-refractivity contribution in [2.45, 2.75) is 19.4 Å². The molecule has 1 aliphatic heterocycles. The van der Waals surface area contributed by atoms with Gasteiger partial charge in [-0.15, -0.1) is 0 Å². The monoisotopic (exact) mass is 354 g/mol. The van der Waals surface area contributed by atoms with Gasteiger partial charge in [0.1, 0.15) is 17.7 Å². The van der Waals surface area contributed by atoms with Gasteiger partial charge in [0.15, 0.2) is 0 Å². The van der Waals surface area contributed by atoms with E-state index in [1.807, 2.05) is 25.1 Å². The lowest BCUT2D eigenvalue weighted by molar-refractivity contribution is 0.261. The summed E-state index contributed by atoms with van der Waals surface area (Å²) in [6.45, 7) is 1.93. The molecule has 0 fully saturated rings. The Labute approximate surface area is 130 Å². The average molecular weight is 356 g/mol. The maximum absolute atomic E-state index is 14.3. The lowest BCUT2D eigenvalue weighted by Gasteiger charge is -2.13. The van der Waals surface area contributed by atoms with Gasteiger partial charge in [-0.1, -0.05) is 39.7 Å². The summed E-state index contributed by atoms with van der Waals surface area (Å²) in [6.07, 6.45) is 0.874. The van der Waals surface area contributed by atoms with Crippen molar-refractivity contribution in [1.29, 1.82) is 0 Å². The molecular formula is C16H13BrClFO. The summed E-state index contributed by atoms with van der Waals surface area (Å²) in [6, 6.07) is 8.79. The van der Waals surface area contributed by atoms with E-state index >= 15 is 0 Å². The largest absolute Gasteiger partial charge is 0.488 e. The summed E-state index contributed by atoms with van der Waals surface area (Å²) < 4.78 is 20.2. The standard InChI is InChI=1S/C16H13BrClFO/c1-9-6-11(18)3-4-13(9)15-14(19)5-2-10-7-12(8-17)20-16(10)15/h2-6,12H,7-8H2,1H3/t12-/m1/s1. The van der Waals surface area contributed by atoms with E-state index in [2.05, 4.69) is 15.9 Å². The zero-order chi connectivity index (χ0) is 14.3. The number of hydrogen-bond donors (Lipinski definition) is 0. The molecule has 2 aromatic carbocycles. The number of hydrogen-bond acceptors (Lipinski definition) is 1. The highest BCUT2D eigenvalue weighted by molar-refractivity contribution is 9.09. The van der Waals surface area contributed by atoms with Crippen LogP contribution in [-0.2, 0) is 6.42 Å². The van der Waals surface area contributed by atoms with Crippen molar-refractivity contribution >= 4 is 27.5 Å². The molecule has 0 radical (unpaired) electrons. The van der Waals surface area contributed by atoms with Crippen LogP contribution >= 0.6 is 27.5 Å². The van der Waals surface area contributed by atoms with E-state index < -0.39 is 0 Å². The van der Waals surface area contributed by atoms with Crippen molar-refractivity contribution in [2.24, 2.45) is 0 Å². The molecule has 0 N–H and O–H groups in total. The molecule has 3 rings (SSSR count). The first-order chi connectivity index (χ1) is 9.60. The molecule has 20 heavy (non-hydrogen) atoms. The molecule has 0 aromatic heterocycles. The second-order valence-electron chi connectivity index (χ2n) is 4.97. The number of halogens is 3. The van der Waals surface area contributed by atoms with Crippen LogP contribution in [0, 0.1) is 12.7 Å². The number of fused-ring (bicyclic) bond motifs is 1. The first-order valence-electron chi connectivity index (χ1n) is 6.40. The number of ether oxygens (including phenoxy) is 1. The van der Waals surface area contributed by atoms with Gasteiger partial charge in [0.25, 0.3) is 0 Å². The molecule has 0 spiro atoms. The summed E-state index contributed by atoms with van der Waals surface area (Å²) in [7, 11) is 0. The van der Waals surface area contributed by atoms with Gasteiger partial charge in [-0.3, -0.25) is 0 Å². The van der Waals surface area contributed by atoms with Crippen LogP contribution in [0.2, 0.25) is 5.02 Å². The minimum absolute atomic E-state index is 0.0677. The lowest BCUT2D eigenvalue weighted by Crippen LogP contribution is -2.13. The molecule has 104 valence electrons. The maximum Gasteiger partial charge on any atom is 0.134 e. The highest BCUT2D eigenvalue weighted by Gasteiger charge is 2.27. The molecule has 2 aromatic rings. The molecule has 1 aliphatic rings. The van der Waals surface area contributed by atoms with Crippen molar-refractivity contribution in [1.82, 2.24) is 0 Å². The average Bonchev–Trinajstić information content (AvgIpc) is 2.83. The minimum Gasteiger partial charge on any atom is -0.488 e. The van der Waals surface area contributed by atoms with E-state index in [1.54, 1.807) is 6.07 Å². The molecule has 0 aliphatic carbocycles. The van der Waals surface area contributed by atoms with E-state index in [1.165, 1.54) is 6.07 Å². The third-order valence-corrected chi connectivity index (χ3v) is 4.51. The first kappa shape index (κ1) is 13.9. The van der Waals surface area contributed by atoms with E-state index in [9.17, 15) is 4.39 Å². The predicted molar refractivity (Wildman–Crippen MR) is 83.5 cm³/mol. The van der Waals surface area contributed by atoms with Gasteiger partial charge in [-0.2, -0.15) is 0 Å². The Morgan fingerprint density at radius 2 is 2.15 bits per heavy atom. The molecule has 0 bridgehead atoms. The van der Waals surface area contributed by atoms with Gasteiger partial charge in [0.2, 0.25) is 0 Å². The number of benzene rings is 2. The van der Waals surface area contributed by atoms with Crippen LogP contribution < -0.4 is 4.74 Å². The Bertz CT molecular complexity index is 672. The summed E-state index contributed by atoms with van der Waals surface area (Å²) in [5.74, 6) is 0.407. The van der Waals surface area contributed by atoms with Crippen LogP contribution in [0.15, 0.2) is 30.3 Å². The summed E-state index contributed by atoms with van der Waals surface area (Å²) in [4.78, 5) is 0. The quantitative estimate of drug-likeness (QED) is 0.677. The van der Waals surface area contributed by atoms with Gasteiger partial charge in [0.05, 0.1) is 5.56 Å². The fraction of sp³-hybridized carbons (Fsp3) is 0.250. The summed E-state index contributed by atoms with van der Waals surface area (Å²) in [5.41, 5.74) is 3.37. The second kappa shape index (κ2) is 5.38. The van der Waals surface area contributed by atoms with Crippen molar-refractivity contribution in [3.05, 3.63) is 52.3 Å². The third-order valence-electron chi connectivity index (χ3n) is 3.55. The SMILES string of the molecule is Cc1cc(Cl)ccc1-c1c(F)ccc2c1O[C@@H](CBr)C2. The summed E-state index contributed by atoms with van der Waals surface area (Å²) in [5, 5.41) is 1.39. The smallest absolute Gasteiger partial charge is 0.134 e. The zero-order valence-corrected chi connectivity index (χ0v) is 13.3. The normalized spacial score (nSPS) is 16.9. The number of alkyl halides is 1. The second-order valence-corrected chi connectivity index (χ2v) is 6.05. The molecule has 1 atom stereocenters. The van der Waals surface area contributed by atoms with Crippen molar-refractivity contribution in [2.75, 3.05) is 5.33 Å². The number of rotatable bonds is 2. The zero-order valence-electron chi connectivity index (χ0n) is 10.9. The molecule has 0 saturated heterocycles. The minimum atomic E-state index is -0.260. The van der Waals surface area contributed by atoms with Crippen LogP contribution in [0.4, 0.5) is 4.39 Å². The Kier molecular flexibility index (Phi) is 3.74. The summed E-state index contributed by atoms with van der Waals surface area (Å²) >= 11 is 9.40. The molecular weight excluding hydrogens is 343 g/mol. The lowest BCUT2D eigenvalue weighted by atomic mass is 9.96. The van der Waals surface area contributed by atoms with Gasteiger partial charge in [0, 0.05) is 16.8 Å². The first-order valence-corrected chi connectivity index (χ1v) is 7.90. The fourth-order valence-corrected chi connectivity index (χ4v) is 3.18. The maximum atomic E-state index is 14.3. The van der Waals surface area contributed by atoms with Gasteiger partial charge in [-0.25, -0.2) is 4.39 Å². The van der Waals surface area contributed by atoms with Crippen molar-refractivity contribution in [3.8, 4) is 16.9 Å². The fourth-order valence-electron chi connectivity index (χ4n) is 2.60. The van der Waals surface area contributed by atoms with Crippen molar-refractivity contribution in [3.63, 3.8) is 0 Å². The Balaban J connectivity index is 2.17. The Hall–Kier alpha value is -1.06. The molecule has 1 heterocycles. The van der Waals surface area contributed by atoms with Crippen LogP contribution in [0.25, 0.3) is 11.1 Å². The Morgan fingerprint density at radius 3 is 2.85 bits per heavy atom. The van der Waals surface area contributed by atoms with Crippen LogP contribution in [-0.4, -0.2) is 11.4 Å². The van der Waals surface area contributed by atoms with E-state index in [0.29, 0.717) is 16.3 Å². The predicted octanol–water partition coefficient (Wildman–Crippen LogP) is 5.15. The van der Waals surface area contributed by atoms with Gasteiger partial charge in [-0.05, 0) is 41.8 Å². The topological polar surface area (TPSA) is 9.23 Å². The molecule has 4 heteroatoms. The van der Waals surface area contributed by atoms with Crippen LogP contribution in [0.1, 0.15) is 11.1 Å². The molecule has 1 nitrogen and oxygen atoms in total. The van der Waals surface area contributed by atoms with Crippen molar-refractivity contribution < 1.29 is 9.13 Å². The van der Waals surface area contributed by atoms with Crippen LogP contribution in [0.3, 0.4) is 0 Å². The molecule has 0 unspecified atom stereocenters. The van der Waals surface area contributed by atoms with Gasteiger partial charge < -0.3 is 4.74 Å². The highest BCUT2D eigenvalue weighted by Crippen LogP contribution is 2.42.